The Labute approximate surface area is 72.8 Å². The second kappa shape index (κ2) is 3.77. The van der Waals surface area contributed by atoms with E-state index in [4.69, 9.17) is 4.74 Å². The molecule has 0 aliphatic heterocycles. The molecule has 0 fully saturated rings. The van der Waals surface area contributed by atoms with Crippen LogP contribution in [-0.4, -0.2) is 22.7 Å². The molecule has 0 saturated heterocycles. The Hall–Kier alpha value is -0.0500. The fourth-order valence-corrected chi connectivity index (χ4v) is 0.813. The maximum atomic E-state index is 11.9. The van der Waals surface area contributed by atoms with Crippen molar-refractivity contribution >= 4 is 8.11 Å². The number of halogens is 1. The lowest BCUT2D eigenvalue weighted by Gasteiger charge is -2.35. The van der Waals surface area contributed by atoms with Crippen LogP contribution in [0.5, 0.6) is 0 Å². The summed E-state index contributed by atoms with van der Waals surface area (Å²) in [4.78, 5) is 0. The SMILES string of the molecule is CC(C)(O)C(C)(C)OC[P+](=O)F. The van der Waals surface area contributed by atoms with E-state index in [1.165, 1.54) is 0 Å². The van der Waals surface area contributed by atoms with E-state index < -0.39 is 25.7 Å². The van der Waals surface area contributed by atoms with Gasteiger partial charge in [0, 0.05) is 0 Å². The van der Waals surface area contributed by atoms with Crippen molar-refractivity contribution in [2.45, 2.75) is 38.9 Å². The first-order chi connectivity index (χ1) is 5.17. The van der Waals surface area contributed by atoms with Gasteiger partial charge in [-0.25, -0.2) is 0 Å². The van der Waals surface area contributed by atoms with Crippen molar-refractivity contribution in [3.05, 3.63) is 0 Å². The van der Waals surface area contributed by atoms with Crippen LogP contribution in [0.1, 0.15) is 27.7 Å². The van der Waals surface area contributed by atoms with E-state index in [1.54, 1.807) is 27.7 Å². The number of hydrogen-bond donors (Lipinski definition) is 1. The van der Waals surface area contributed by atoms with Gasteiger partial charge in [0.15, 0.2) is 0 Å². The highest BCUT2D eigenvalue weighted by Gasteiger charge is 2.38. The molecule has 0 rings (SSSR count). The van der Waals surface area contributed by atoms with Crippen molar-refractivity contribution in [2.24, 2.45) is 0 Å². The van der Waals surface area contributed by atoms with Crippen molar-refractivity contribution in [3.8, 4) is 0 Å². The number of rotatable bonds is 4. The molecule has 1 atom stereocenters. The summed E-state index contributed by atoms with van der Waals surface area (Å²) in [6.07, 6.45) is -0.466. The second-order valence-electron chi connectivity index (χ2n) is 3.66. The Kier molecular flexibility index (Phi) is 3.76. The summed E-state index contributed by atoms with van der Waals surface area (Å²) in [6.45, 7) is 6.34. The summed E-state index contributed by atoms with van der Waals surface area (Å²) in [5.41, 5.74) is -1.98. The van der Waals surface area contributed by atoms with Gasteiger partial charge in [0.1, 0.15) is 0 Å². The molecule has 0 amide bonds. The van der Waals surface area contributed by atoms with E-state index in [2.05, 4.69) is 0 Å². The summed E-state index contributed by atoms with van der Waals surface area (Å²) in [7, 11) is -2.80. The zero-order valence-electron chi connectivity index (χ0n) is 7.80. The van der Waals surface area contributed by atoms with Crippen molar-refractivity contribution in [3.63, 3.8) is 0 Å². The summed E-state index contributed by atoms with van der Waals surface area (Å²) in [6, 6.07) is 0. The lowest BCUT2D eigenvalue weighted by Crippen LogP contribution is -2.47. The summed E-state index contributed by atoms with van der Waals surface area (Å²) >= 11 is 0. The average molecular weight is 197 g/mol. The molecular weight excluding hydrogens is 182 g/mol. The standard InChI is InChI=1S/C7H15FO3P/c1-6(2,9)7(3,4)11-5-12(8)10/h9H,5H2,1-4H3/q+1. The molecule has 1 unspecified atom stereocenters. The first-order valence-corrected chi connectivity index (χ1v) is 4.97. The van der Waals surface area contributed by atoms with Crippen LogP contribution in [0.15, 0.2) is 0 Å². The fraction of sp³-hybridized carbons (Fsp3) is 1.00. The zero-order chi connectivity index (χ0) is 9.99. The van der Waals surface area contributed by atoms with E-state index in [-0.39, 0.29) is 0 Å². The van der Waals surface area contributed by atoms with E-state index in [1.807, 2.05) is 0 Å². The van der Waals surface area contributed by atoms with E-state index in [9.17, 15) is 13.9 Å². The lowest BCUT2D eigenvalue weighted by atomic mass is 9.90. The predicted octanol–water partition coefficient (Wildman–Crippen LogP) is 2.22. The molecule has 5 heteroatoms. The molecule has 0 radical (unpaired) electrons. The quantitative estimate of drug-likeness (QED) is 0.703. The molecule has 12 heavy (non-hydrogen) atoms. The van der Waals surface area contributed by atoms with E-state index in [0.29, 0.717) is 0 Å². The van der Waals surface area contributed by atoms with Crippen LogP contribution in [0.4, 0.5) is 4.20 Å². The Bertz CT molecular complexity index is 174. The van der Waals surface area contributed by atoms with Crippen molar-refractivity contribution in [1.29, 1.82) is 0 Å². The van der Waals surface area contributed by atoms with Gasteiger partial charge in [-0.2, -0.15) is 0 Å². The highest BCUT2D eigenvalue weighted by Crippen LogP contribution is 2.30. The maximum absolute atomic E-state index is 11.9. The number of ether oxygens (including phenoxy) is 1. The third-order valence-electron chi connectivity index (χ3n) is 2.00. The molecule has 0 aromatic carbocycles. The summed E-state index contributed by atoms with van der Waals surface area (Å²) < 4.78 is 27.0. The van der Waals surface area contributed by atoms with Crippen LogP contribution in [0.25, 0.3) is 0 Å². The van der Waals surface area contributed by atoms with Gasteiger partial charge >= 0.3 is 8.11 Å². The largest absolute Gasteiger partial charge is 0.586 e. The predicted molar refractivity (Wildman–Crippen MR) is 45.0 cm³/mol. The van der Waals surface area contributed by atoms with Crippen molar-refractivity contribution in [2.75, 3.05) is 6.35 Å². The Balaban J connectivity index is 4.14. The molecule has 0 aliphatic carbocycles. The van der Waals surface area contributed by atoms with Gasteiger partial charge in [0.05, 0.1) is 15.4 Å². The highest BCUT2D eigenvalue weighted by molar-refractivity contribution is 7.38. The molecular formula is C7H15FO3P+. The highest BCUT2D eigenvalue weighted by atomic mass is 31.1. The van der Waals surface area contributed by atoms with Crippen LogP contribution in [-0.2, 0) is 9.30 Å². The third kappa shape index (κ3) is 3.57. The van der Waals surface area contributed by atoms with Crippen molar-refractivity contribution < 1.29 is 18.6 Å². The fourth-order valence-electron chi connectivity index (χ4n) is 0.389. The smallest absolute Gasteiger partial charge is 0.387 e. The van der Waals surface area contributed by atoms with Gasteiger partial charge in [-0.3, -0.25) is 0 Å². The molecule has 1 N–H and O–H groups in total. The minimum absolute atomic E-state index is 0.466. The third-order valence-corrected chi connectivity index (χ3v) is 2.33. The Morgan fingerprint density at radius 3 is 2.08 bits per heavy atom. The van der Waals surface area contributed by atoms with Crippen LogP contribution in [0.3, 0.4) is 0 Å². The molecule has 3 nitrogen and oxygen atoms in total. The first-order valence-electron chi connectivity index (χ1n) is 3.63. The number of aliphatic hydroxyl groups is 1. The van der Waals surface area contributed by atoms with Gasteiger partial charge in [0.25, 0.3) is 6.35 Å². The monoisotopic (exact) mass is 197 g/mol. The molecule has 0 heterocycles. The summed E-state index contributed by atoms with van der Waals surface area (Å²) in [5, 5.41) is 9.52. The molecule has 0 bridgehead atoms. The molecule has 72 valence electrons. The Morgan fingerprint density at radius 2 is 1.83 bits per heavy atom. The number of hydrogen-bond acceptors (Lipinski definition) is 3. The van der Waals surface area contributed by atoms with Crippen LogP contribution in [0.2, 0.25) is 0 Å². The van der Waals surface area contributed by atoms with E-state index in [0.717, 1.165) is 0 Å². The first kappa shape index (κ1) is 11.9. The van der Waals surface area contributed by atoms with E-state index >= 15 is 0 Å². The van der Waals surface area contributed by atoms with Crippen LogP contribution < -0.4 is 0 Å². The molecule has 0 aromatic heterocycles. The van der Waals surface area contributed by atoms with Gasteiger partial charge in [-0.05, 0) is 32.3 Å². The zero-order valence-corrected chi connectivity index (χ0v) is 8.69. The molecule has 0 aromatic rings. The average Bonchev–Trinajstić information content (AvgIpc) is 1.81. The topological polar surface area (TPSA) is 46.5 Å². The van der Waals surface area contributed by atoms with Gasteiger partial charge in [-0.15, -0.1) is 0 Å². The normalized spacial score (nSPS) is 14.7. The van der Waals surface area contributed by atoms with Crippen LogP contribution in [0, 0.1) is 0 Å². The maximum Gasteiger partial charge on any atom is 0.586 e. The second-order valence-corrected chi connectivity index (χ2v) is 4.55. The molecule has 0 aliphatic rings. The van der Waals surface area contributed by atoms with Crippen molar-refractivity contribution in [1.82, 2.24) is 0 Å². The summed E-state index contributed by atoms with van der Waals surface area (Å²) in [5.74, 6) is 0. The molecule has 0 spiro atoms. The Morgan fingerprint density at radius 1 is 1.42 bits per heavy atom. The van der Waals surface area contributed by atoms with Crippen LogP contribution >= 0.6 is 8.11 Å². The lowest BCUT2D eigenvalue weighted by molar-refractivity contribution is -0.135. The minimum atomic E-state index is -2.80. The minimum Gasteiger partial charge on any atom is -0.387 e. The van der Waals surface area contributed by atoms with Gasteiger partial charge in [0.2, 0.25) is 0 Å². The van der Waals surface area contributed by atoms with Gasteiger partial charge in [-0.1, -0.05) is 0 Å². The molecule has 0 saturated carbocycles. The van der Waals surface area contributed by atoms with Gasteiger partial charge < -0.3 is 9.84 Å².